The molecular formula is C22H28O2Si. The largest absolute Gasteiger partial charge is 0.407 e. The molecule has 0 fully saturated rings. The van der Waals surface area contributed by atoms with Gasteiger partial charge in [-0.25, -0.2) is 0 Å². The Labute approximate surface area is 153 Å². The minimum Gasteiger partial charge on any atom is -0.388 e. The Bertz CT molecular complexity index is 567. The van der Waals surface area contributed by atoms with Crippen LogP contribution in [0.4, 0.5) is 0 Å². The van der Waals surface area contributed by atoms with E-state index in [1.165, 1.54) is 0 Å². The van der Waals surface area contributed by atoms with Gasteiger partial charge in [0.05, 0.1) is 0 Å². The van der Waals surface area contributed by atoms with Crippen LogP contribution >= 0.6 is 0 Å². The SMILES string of the molecule is C=CCCCO[Si](OCCCC=C)(c1ccccc1)c1ccccc1. The molecule has 0 unspecified atom stereocenters. The lowest BCUT2D eigenvalue weighted by molar-refractivity contribution is 0.188. The molecule has 0 spiro atoms. The molecule has 0 bridgehead atoms. The molecule has 0 aliphatic rings. The molecule has 2 aromatic carbocycles. The van der Waals surface area contributed by atoms with Crippen LogP contribution in [-0.2, 0) is 8.85 Å². The second-order valence-electron chi connectivity index (χ2n) is 5.91. The molecular weight excluding hydrogens is 324 g/mol. The lowest BCUT2D eigenvalue weighted by atomic mass is 10.3. The van der Waals surface area contributed by atoms with E-state index in [-0.39, 0.29) is 0 Å². The van der Waals surface area contributed by atoms with Crippen LogP contribution in [0.1, 0.15) is 25.7 Å². The van der Waals surface area contributed by atoms with E-state index in [0.29, 0.717) is 13.2 Å². The van der Waals surface area contributed by atoms with Crippen molar-refractivity contribution in [2.45, 2.75) is 25.7 Å². The van der Waals surface area contributed by atoms with Gasteiger partial charge in [-0.15, -0.1) is 13.2 Å². The van der Waals surface area contributed by atoms with Gasteiger partial charge in [-0.1, -0.05) is 72.8 Å². The van der Waals surface area contributed by atoms with E-state index >= 15 is 0 Å². The van der Waals surface area contributed by atoms with Gasteiger partial charge >= 0.3 is 8.56 Å². The Kier molecular flexibility index (Phi) is 8.39. The molecule has 0 radical (unpaired) electrons. The number of hydrogen-bond donors (Lipinski definition) is 0. The molecule has 2 rings (SSSR count). The Morgan fingerprint density at radius 3 is 1.44 bits per heavy atom. The summed E-state index contributed by atoms with van der Waals surface area (Å²) in [7, 11) is -2.72. The molecule has 0 N–H and O–H groups in total. The fraction of sp³-hybridized carbons (Fsp3) is 0.273. The highest BCUT2D eigenvalue weighted by Crippen LogP contribution is 2.12. The van der Waals surface area contributed by atoms with E-state index in [9.17, 15) is 0 Å². The van der Waals surface area contributed by atoms with E-state index in [0.717, 1.165) is 36.1 Å². The average Bonchev–Trinajstić information content (AvgIpc) is 2.68. The standard InChI is InChI=1S/C22H28O2Si/c1-3-5-13-19-23-25(24-20-14-6-4-2,21-15-9-7-10-16-21)22-17-11-8-12-18-22/h3-4,7-12,15-18H,1-2,5-6,13-14,19-20H2. The van der Waals surface area contributed by atoms with Gasteiger partial charge in [-0.05, 0) is 36.1 Å². The van der Waals surface area contributed by atoms with E-state index in [2.05, 4.69) is 61.7 Å². The first kappa shape index (κ1) is 19.4. The summed E-state index contributed by atoms with van der Waals surface area (Å²) < 4.78 is 13.1. The van der Waals surface area contributed by atoms with Crippen LogP contribution in [-0.4, -0.2) is 21.8 Å². The van der Waals surface area contributed by atoms with Crippen LogP contribution < -0.4 is 10.4 Å². The molecule has 0 aromatic heterocycles. The molecule has 25 heavy (non-hydrogen) atoms. The van der Waals surface area contributed by atoms with Crippen molar-refractivity contribution in [1.82, 2.24) is 0 Å². The molecule has 2 nitrogen and oxygen atoms in total. The van der Waals surface area contributed by atoms with Crippen molar-refractivity contribution in [2.75, 3.05) is 13.2 Å². The molecule has 2 aromatic rings. The van der Waals surface area contributed by atoms with E-state index in [1.54, 1.807) is 0 Å². The monoisotopic (exact) mass is 352 g/mol. The molecule has 0 saturated heterocycles. The molecule has 0 saturated carbocycles. The van der Waals surface area contributed by atoms with Crippen LogP contribution in [0.15, 0.2) is 86.0 Å². The Morgan fingerprint density at radius 1 is 0.680 bits per heavy atom. The third-order valence-corrected chi connectivity index (χ3v) is 7.43. The van der Waals surface area contributed by atoms with Crippen molar-refractivity contribution in [3.8, 4) is 0 Å². The summed E-state index contributed by atoms with van der Waals surface area (Å²) in [6, 6.07) is 20.8. The van der Waals surface area contributed by atoms with E-state index in [1.807, 2.05) is 24.3 Å². The molecule has 3 heteroatoms. The summed E-state index contributed by atoms with van der Waals surface area (Å²) in [5, 5.41) is 2.30. The van der Waals surface area contributed by atoms with Crippen molar-refractivity contribution in [2.24, 2.45) is 0 Å². The lowest BCUT2D eigenvalue weighted by Crippen LogP contribution is -2.63. The Hall–Kier alpha value is -1.94. The second-order valence-corrected chi connectivity index (χ2v) is 8.87. The molecule has 0 aliphatic heterocycles. The highest BCUT2D eigenvalue weighted by atomic mass is 28.4. The smallest absolute Gasteiger partial charge is 0.388 e. The summed E-state index contributed by atoms with van der Waals surface area (Å²) in [5.41, 5.74) is 0. The lowest BCUT2D eigenvalue weighted by Gasteiger charge is -2.31. The summed E-state index contributed by atoms with van der Waals surface area (Å²) in [6.07, 6.45) is 7.67. The summed E-state index contributed by atoms with van der Waals surface area (Å²) in [5.74, 6) is 0. The maximum absolute atomic E-state index is 6.53. The molecule has 0 amide bonds. The van der Waals surface area contributed by atoms with Gasteiger partial charge in [0.15, 0.2) is 0 Å². The molecule has 0 aliphatic carbocycles. The normalized spacial score (nSPS) is 11.2. The van der Waals surface area contributed by atoms with Crippen molar-refractivity contribution in [3.05, 3.63) is 86.0 Å². The fourth-order valence-corrected chi connectivity index (χ4v) is 5.95. The van der Waals surface area contributed by atoms with Crippen LogP contribution in [0.2, 0.25) is 0 Å². The number of hydrogen-bond acceptors (Lipinski definition) is 2. The van der Waals surface area contributed by atoms with Crippen LogP contribution in [0.3, 0.4) is 0 Å². The minimum absolute atomic E-state index is 0.670. The van der Waals surface area contributed by atoms with Gasteiger partial charge < -0.3 is 8.85 Å². The Balaban J connectivity index is 2.33. The average molecular weight is 353 g/mol. The number of rotatable bonds is 12. The maximum atomic E-state index is 6.53. The summed E-state index contributed by atoms with van der Waals surface area (Å²) >= 11 is 0. The number of allylic oxidation sites excluding steroid dienone is 2. The van der Waals surface area contributed by atoms with Crippen molar-refractivity contribution < 1.29 is 8.85 Å². The van der Waals surface area contributed by atoms with Gasteiger partial charge in [0.25, 0.3) is 0 Å². The zero-order valence-corrected chi connectivity index (χ0v) is 15.9. The third-order valence-electron chi connectivity index (χ3n) is 4.02. The second kappa shape index (κ2) is 10.8. The highest BCUT2D eigenvalue weighted by molar-refractivity contribution is 6.92. The van der Waals surface area contributed by atoms with Crippen molar-refractivity contribution in [1.29, 1.82) is 0 Å². The van der Waals surface area contributed by atoms with Crippen LogP contribution in [0.5, 0.6) is 0 Å². The summed E-state index contributed by atoms with van der Waals surface area (Å²) in [6.45, 7) is 8.93. The minimum atomic E-state index is -2.72. The zero-order valence-electron chi connectivity index (χ0n) is 14.9. The quantitative estimate of drug-likeness (QED) is 0.324. The molecule has 132 valence electrons. The van der Waals surface area contributed by atoms with E-state index in [4.69, 9.17) is 8.85 Å². The van der Waals surface area contributed by atoms with Crippen molar-refractivity contribution in [3.63, 3.8) is 0 Å². The van der Waals surface area contributed by atoms with E-state index < -0.39 is 8.56 Å². The topological polar surface area (TPSA) is 18.5 Å². The van der Waals surface area contributed by atoms with Gasteiger partial charge in [-0.2, -0.15) is 0 Å². The van der Waals surface area contributed by atoms with Gasteiger partial charge in [-0.3, -0.25) is 0 Å². The predicted molar refractivity (Wildman–Crippen MR) is 109 cm³/mol. The number of unbranched alkanes of at least 4 members (excludes halogenated alkanes) is 2. The highest BCUT2D eigenvalue weighted by Gasteiger charge is 2.42. The fourth-order valence-electron chi connectivity index (χ4n) is 2.74. The summed E-state index contributed by atoms with van der Waals surface area (Å²) in [4.78, 5) is 0. The first-order valence-corrected chi connectivity index (χ1v) is 10.8. The number of benzene rings is 2. The van der Waals surface area contributed by atoms with Gasteiger partial charge in [0, 0.05) is 13.2 Å². The Morgan fingerprint density at radius 2 is 1.08 bits per heavy atom. The predicted octanol–water partition coefficient (Wildman–Crippen LogP) is 4.21. The first-order chi connectivity index (χ1) is 12.3. The van der Waals surface area contributed by atoms with Gasteiger partial charge in [0.2, 0.25) is 0 Å². The van der Waals surface area contributed by atoms with Gasteiger partial charge in [0.1, 0.15) is 0 Å². The molecule has 0 heterocycles. The van der Waals surface area contributed by atoms with Crippen LogP contribution in [0, 0.1) is 0 Å². The zero-order chi connectivity index (χ0) is 17.8. The van der Waals surface area contributed by atoms with Crippen molar-refractivity contribution >= 4 is 18.9 Å². The third kappa shape index (κ3) is 5.53. The first-order valence-electron chi connectivity index (χ1n) is 8.94. The van der Waals surface area contributed by atoms with Crippen LogP contribution in [0.25, 0.3) is 0 Å². The molecule has 0 atom stereocenters. The maximum Gasteiger partial charge on any atom is 0.407 e.